The number of hydrogen-bond acceptors (Lipinski definition) is 6. The average Bonchev–Trinajstić information content (AvgIpc) is 3.91. The van der Waals surface area contributed by atoms with Crippen LogP contribution in [0.1, 0.15) is 105 Å². The number of nitrogens with two attached hydrogens (primary N) is 1. The fourth-order valence-electron chi connectivity index (χ4n) is 6.94. The van der Waals surface area contributed by atoms with Crippen LogP contribution in [0.2, 0.25) is 0 Å². The fraction of sp³-hybridized carbons (Fsp3) is 0.818. The average molecular weight is 631 g/mol. The molecule has 252 valence electrons. The van der Waals surface area contributed by atoms with Gasteiger partial charge in [0.1, 0.15) is 17.6 Å². The molecule has 1 aliphatic heterocycles. The van der Waals surface area contributed by atoms with E-state index in [1.807, 2.05) is 34.6 Å². The monoisotopic (exact) mass is 630 g/mol. The number of nitrogens with one attached hydrogen (secondary N) is 4. The lowest BCUT2D eigenvalue weighted by molar-refractivity contribution is -0.144. The summed E-state index contributed by atoms with van der Waals surface area (Å²) in [6.45, 7) is 10.4. The van der Waals surface area contributed by atoms with Crippen molar-refractivity contribution >= 4 is 35.4 Å². The molecule has 45 heavy (non-hydrogen) atoms. The highest BCUT2D eigenvalue weighted by Crippen LogP contribution is 2.36. The van der Waals surface area contributed by atoms with Gasteiger partial charge in [0.2, 0.25) is 23.5 Å². The predicted molar refractivity (Wildman–Crippen MR) is 168 cm³/mol. The number of carbonyl (C=O) groups excluding carboxylic acids is 6. The second-order valence-corrected chi connectivity index (χ2v) is 15.3. The van der Waals surface area contributed by atoms with E-state index in [1.165, 1.54) is 4.90 Å². The third-order valence-corrected chi connectivity index (χ3v) is 10.1. The largest absolute Gasteiger partial charge is 0.363 e. The molecule has 0 radical (unpaired) electrons. The Balaban J connectivity index is 1.51. The molecular weight excluding hydrogens is 576 g/mol. The van der Waals surface area contributed by atoms with Gasteiger partial charge in [0.15, 0.2) is 0 Å². The zero-order chi connectivity index (χ0) is 33.1. The Morgan fingerprint density at radius 3 is 2.04 bits per heavy atom. The van der Waals surface area contributed by atoms with E-state index in [-0.39, 0.29) is 23.7 Å². The number of nitrogens with zero attached hydrogens (tertiary/aromatic N) is 1. The van der Waals surface area contributed by atoms with Gasteiger partial charge in [-0.3, -0.25) is 24.0 Å². The van der Waals surface area contributed by atoms with Gasteiger partial charge < -0.3 is 31.9 Å². The first-order valence-corrected chi connectivity index (χ1v) is 16.9. The minimum absolute atomic E-state index is 0.0527. The smallest absolute Gasteiger partial charge is 0.316 e. The molecule has 6 amide bonds. The quantitative estimate of drug-likeness (QED) is 0.195. The summed E-state index contributed by atoms with van der Waals surface area (Å²) in [5.74, 6) is -2.39. The maximum atomic E-state index is 14.3. The van der Waals surface area contributed by atoms with E-state index in [4.69, 9.17) is 5.73 Å². The lowest BCUT2D eigenvalue weighted by atomic mass is 9.80. The van der Waals surface area contributed by atoms with Gasteiger partial charge in [0.25, 0.3) is 5.91 Å². The third kappa shape index (κ3) is 8.76. The highest BCUT2D eigenvalue weighted by Gasteiger charge is 2.49. The minimum Gasteiger partial charge on any atom is -0.363 e. The summed E-state index contributed by atoms with van der Waals surface area (Å²) < 4.78 is 0. The molecule has 1 unspecified atom stereocenters. The second-order valence-electron chi connectivity index (χ2n) is 15.3. The lowest BCUT2D eigenvalue weighted by Crippen LogP contribution is -2.65. The van der Waals surface area contributed by atoms with Crippen LogP contribution < -0.4 is 27.0 Å². The molecular formula is C33H54N6O6. The van der Waals surface area contributed by atoms with E-state index < -0.39 is 58.6 Å². The summed E-state index contributed by atoms with van der Waals surface area (Å²) in [6, 6.07) is -3.51. The van der Waals surface area contributed by atoms with Gasteiger partial charge in [-0.2, -0.15) is 0 Å². The van der Waals surface area contributed by atoms with Gasteiger partial charge in [-0.05, 0) is 67.6 Å². The number of amides is 6. The van der Waals surface area contributed by atoms with E-state index in [2.05, 4.69) is 21.3 Å². The Morgan fingerprint density at radius 2 is 1.51 bits per heavy atom. The molecule has 12 nitrogen and oxygen atoms in total. The van der Waals surface area contributed by atoms with Crippen molar-refractivity contribution in [1.29, 1.82) is 0 Å². The maximum Gasteiger partial charge on any atom is 0.316 e. The molecule has 4 aliphatic rings. The predicted octanol–water partition coefficient (Wildman–Crippen LogP) is 2.14. The standard InChI is InChI=1S/C33H54N6O6/c1-19(2)22-13-16-39(24(22)28(42)36-23(17-20-9-10-20)25(40)27(34)41)29(43)26(32(3,4)5)37-31(45)38-33(14-7-6-8-15-33)30(44)35-18-21-11-12-21/h19-24,26H,6-18H2,1-5H3,(H2,34,41)(H,35,44)(H,36,42)(H2,37,38,45)/t22-,23?,24+,26-/m1/s1. The van der Waals surface area contributed by atoms with Crippen LogP contribution >= 0.6 is 0 Å². The Morgan fingerprint density at radius 1 is 0.889 bits per heavy atom. The summed E-state index contributed by atoms with van der Waals surface area (Å²) in [5.41, 5.74) is 3.54. The van der Waals surface area contributed by atoms with E-state index in [9.17, 15) is 28.8 Å². The Hall–Kier alpha value is -3.18. The topological polar surface area (TPSA) is 180 Å². The van der Waals surface area contributed by atoms with E-state index >= 15 is 0 Å². The number of primary amides is 1. The van der Waals surface area contributed by atoms with Gasteiger partial charge >= 0.3 is 6.03 Å². The number of carbonyl (C=O) groups is 6. The number of urea groups is 1. The van der Waals surface area contributed by atoms with Gasteiger partial charge in [-0.15, -0.1) is 0 Å². The number of rotatable bonds is 13. The van der Waals surface area contributed by atoms with Crippen molar-refractivity contribution in [2.24, 2.45) is 34.8 Å². The number of ketones is 1. The zero-order valence-corrected chi connectivity index (χ0v) is 27.7. The summed E-state index contributed by atoms with van der Waals surface area (Å²) in [5, 5.41) is 11.7. The first kappa shape index (κ1) is 34.7. The zero-order valence-electron chi connectivity index (χ0n) is 27.7. The Kier molecular flexibility index (Phi) is 10.8. The Labute approximate surface area is 267 Å². The van der Waals surface area contributed by atoms with Crippen molar-refractivity contribution in [1.82, 2.24) is 26.2 Å². The number of Topliss-reactive ketones (excluding diaryl/α,β-unsaturated/α-hetero) is 1. The molecule has 0 aromatic heterocycles. The van der Waals surface area contributed by atoms with Crippen molar-refractivity contribution in [2.45, 2.75) is 129 Å². The third-order valence-electron chi connectivity index (χ3n) is 10.1. The van der Waals surface area contributed by atoms with Crippen LogP contribution in [-0.4, -0.2) is 77.1 Å². The van der Waals surface area contributed by atoms with Gasteiger partial charge in [0, 0.05) is 13.1 Å². The van der Waals surface area contributed by atoms with Crippen LogP contribution in [0, 0.1) is 29.1 Å². The van der Waals surface area contributed by atoms with Gasteiger partial charge in [-0.1, -0.05) is 66.7 Å². The molecule has 3 aliphatic carbocycles. The number of hydrogen-bond donors (Lipinski definition) is 5. The molecule has 4 atom stereocenters. The minimum atomic E-state index is -1.10. The van der Waals surface area contributed by atoms with Gasteiger partial charge in [-0.25, -0.2) is 4.79 Å². The number of likely N-dealkylation sites (tertiary alicyclic amines) is 1. The van der Waals surface area contributed by atoms with E-state index in [1.54, 1.807) is 0 Å². The molecule has 0 aromatic rings. The van der Waals surface area contributed by atoms with Crippen LogP contribution in [0.15, 0.2) is 0 Å². The first-order chi connectivity index (χ1) is 21.1. The highest BCUT2D eigenvalue weighted by molar-refractivity contribution is 6.37. The van der Waals surface area contributed by atoms with Crippen LogP contribution in [0.5, 0.6) is 0 Å². The van der Waals surface area contributed by atoms with E-state index in [0.29, 0.717) is 44.7 Å². The van der Waals surface area contributed by atoms with Crippen molar-refractivity contribution < 1.29 is 28.8 Å². The SMILES string of the molecule is CC(C)[C@H]1CCN(C(=O)[C@@H](NC(=O)NC2(C(=O)NCC3CC3)CCCCC2)C(C)(C)C)[C@@H]1C(=O)NC(CC1CC1)C(=O)C(N)=O. The lowest BCUT2D eigenvalue weighted by Gasteiger charge is -2.39. The molecule has 12 heteroatoms. The molecule has 6 N–H and O–H groups in total. The molecule has 1 saturated heterocycles. The van der Waals surface area contributed by atoms with Crippen molar-refractivity contribution in [3.05, 3.63) is 0 Å². The molecule has 3 saturated carbocycles. The molecule has 0 aromatic carbocycles. The second kappa shape index (κ2) is 14.1. The normalized spacial score (nSPS) is 24.4. The van der Waals surface area contributed by atoms with Crippen LogP contribution in [0.4, 0.5) is 4.79 Å². The summed E-state index contributed by atoms with van der Waals surface area (Å²) in [4.78, 5) is 81.0. The highest BCUT2D eigenvalue weighted by atomic mass is 16.2. The fourth-order valence-corrected chi connectivity index (χ4v) is 6.94. The van der Waals surface area contributed by atoms with Crippen molar-refractivity contribution in [3.8, 4) is 0 Å². The van der Waals surface area contributed by atoms with Crippen LogP contribution in [0.3, 0.4) is 0 Å². The molecule has 4 rings (SSSR count). The summed E-state index contributed by atoms with van der Waals surface area (Å²) >= 11 is 0. The first-order valence-electron chi connectivity index (χ1n) is 16.9. The summed E-state index contributed by atoms with van der Waals surface area (Å²) in [6.07, 6.45) is 8.65. The van der Waals surface area contributed by atoms with Gasteiger partial charge in [0.05, 0.1) is 6.04 Å². The molecule has 4 fully saturated rings. The summed E-state index contributed by atoms with van der Waals surface area (Å²) in [7, 11) is 0. The molecule has 1 heterocycles. The van der Waals surface area contributed by atoms with Crippen molar-refractivity contribution in [3.63, 3.8) is 0 Å². The Bertz CT molecular complexity index is 1150. The molecule has 0 bridgehead atoms. The van der Waals surface area contributed by atoms with Crippen molar-refractivity contribution in [2.75, 3.05) is 13.1 Å². The maximum absolute atomic E-state index is 14.3. The van der Waals surface area contributed by atoms with Crippen LogP contribution in [0.25, 0.3) is 0 Å². The van der Waals surface area contributed by atoms with E-state index in [0.717, 1.165) is 44.9 Å². The molecule has 0 spiro atoms. The van der Waals surface area contributed by atoms with Crippen LogP contribution in [-0.2, 0) is 24.0 Å².